The molecule has 1 aliphatic heterocycles. The fraction of sp³-hybridized carbons (Fsp3) is 0.500. The van der Waals surface area contributed by atoms with Crippen molar-refractivity contribution in [3.8, 4) is 0 Å². The summed E-state index contributed by atoms with van der Waals surface area (Å²) in [6.45, 7) is 6.49. The minimum Gasteiger partial charge on any atom is -0.378 e. The van der Waals surface area contributed by atoms with Gasteiger partial charge in [-0.15, -0.1) is 0 Å². The maximum atomic E-state index is 12.3. The number of carbonyl (C=O) groups is 1. The first-order valence-corrected chi connectivity index (χ1v) is 6.97. The Kier molecular flexibility index (Phi) is 4.51. The molecule has 1 fully saturated rings. The second kappa shape index (κ2) is 5.80. The summed E-state index contributed by atoms with van der Waals surface area (Å²) in [7, 11) is 0. The second-order valence-corrected chi connectivity index (χ2v) is 6.18. The topological polar surface area (TPSA) is 29.5 Å². The third-order valence-corrected chi connectivity index (χ3v) is 3.94. The normalized spacial score (nSPS) is 19.4. The largest absolute Gasteiger partial charge is 0.378 e. The average molecular weight is 302 g/mol. The molecule has 1 heterocycles. The van der Waals surface area contributed by atoms with E-state index >= 15 is 0 Å². The van der Waals surface area contributed by atoms with Crippen molar-refractivity contribution in [1.29, 1.82) is 0 Å². The lowest BCUT2D eigenvalue weighted by atomic mass is 10.0. The van der Waals surface area contributed by atoms with Crippen molar-refractivity contribution in [1.82, 2.24) is 4.90 Å². The first kappa shape index (κ1) is 14.8. The predicted octanol–water partition coefficient (Wildman–Crippen LogP) is 3.29. The molecule has 19 heavy (non-hydrogen) atoms. The lowest BCUT2D eigenvalue weighted by Gasteiger charge is -2.41. The lowest BCUT2D eigenvalue weighted by Crippen LogP contribution is -2.54. The van der Waals surface area contributed by atoms with Crippen LogP contribution in [0.2, 0.25) is 10.0 Å². The highest BCUT2D eigenvalue weighted by atomic mass is 35.5. The van der Waals surface area contributed by atoms with E-state index in [1.165, 1.54) is 0 Å². The van der Waals surface area contributed by atoms with Crippen LogP contribution in [-0.2, 0) is 4.74 Å². The summed E-state index contributed by atoms with van der Waals surface area (Å²) in [6.07, 6.45) is 0. The smallest absolute Gasteiger partial charge is 0.178 e. The number of Topliss-reactive ketones (excluding diaryl/α,β-unsaturated/α-hetero) is 1. The van der Waals surface area contributed by atoms with Crippen molar-refractivity contribution in [3.63, 3.8) is 0 Å². The Morgan fingerprint density at radius 3 is 2.84 bits per heavy atom. The molecule has 0 amide bonds. The van der Waals surface area contributed by atoms with E-state index in [1.807, 2.05) is 0 Å². The van der Waals surface area contributed by atoms with Crippen molar-refractivity contribution in [3.05, 3.63) is 33.8 Å². The molecule has 1 aromatic carbocycles. The molecule has 2 rings (SSSR count). The molecule has 3 nitrogen and oxygen atoms in total. The van der Waals surface area contributed by atoms with Crippen LogP contribution < -0.4 is 0 Å². The Morgan fingerprint density at radius 2 is 2.16 bits per heavy atom. The number of morpholine rings is 1. The minimum absolute atomic E-state index is 0.0116. The van der Waals surface area contributed by atoms with Gasteiger partial charge in [-0.05, 0) is 32.0 Å². The fourth-order valence-corrected chi connectivity index (χ4v) is 2.55. The third-order valence-electron chi connectivity index (χ3n) is 3.38. The van der Waals surface area contributed by atoms with Gasteiger partial charge in [-0.25, -0.2) is 0 Å². The average Bonchev–Trinajstić information content (AvgIpc) is 2.34. The van der Waals surface area contributed by atoms with E-state index in [0.29, 0.717) is 35.4 Å². The number of nitrogens with zero attached hydrogens (tertiary/aromatic N) is 1. The van der Waals surface area contributed by atoms with Gasteiger partial charge in [-0.1, -0.05) is 23.2 Å². The van der Waals surface area contributed by atoms with Crippen LogP contribution in [0.4, 0.5) is 0 Å². The molecular formula is C14H17Cl2NO2. The van der Waals surface area contributed by atoms with Crippen LogP contribution in [0.5, 0.6) is 0 Å². The summed E-state index contributed by atoms with van der Waals surface area (Å²) in [6, 6.07) is 4.96. The number of rotatable bonds is 3. The Morgan fingerprint density at radius 1 is 1.42 bits per heavy atom. The Labute approximate surface area is 123 Å². The quantitative estimate of drug-likeness (QED) is 0.803. The Balaban J connectivity index is 2.14. The first-order valence-electron chi connectivity index (χ1n) is 6.21. The Hall–Kier alpha value is -0.610. The van der Waals surface area contributed by atoms with Gasteiger partial charge < -0.3 is 4.74 Å². The summed E-state index contributed by atoms with van der Waals surface area (Å²) < 4.78 is 5.44. The molecular weight excluding hydrogens is 285 g/mol. The minimum atomic E-state index is -0.140. The number of hydrogen-bond acceptors (Lipinski definition) is 3. The van der Waals surface area contributed by atoms with Gasteiger partial charge in [0.25, 0.3) is 0 Å². The summed E-state index contributed by atoms with van der Waals surface area (Å²) in [4.78, 5) is 14.5. The van der Waals surface area contributed by atoms with Crippen LogP contribution in [-0.4, -0.2) is 42.5 Å². The van der Waals surface area contributed by atoms with Crippen molar-refractivity contribution in [2.75, 3.05) is 26.3 Å². The van der Waals surface area contributed by atoms with Gasteiger partial charge in [0, 0.05) is 22.7 Å². The van der Waals surface area contributed by atoms with Gasteiger partial charge in [-0.2, -0.15) is 0 Å². The molecule has 0 aliphatic carbocycles. The highest BCUT2D eigenvalue weighted by molar-refractivity contribution is 6.36. The van der Waals surface area contributed by atoms with Gasteiger partial charge in [0.1, 0.15) is 0 Å². The van der Waals surface area contributed by atoms with Gasteiger partial charge >= 0.3 is 0 Å². The Bertz CT molecular complexity index is 488. The standard InChI is InChI=1S/C14H17Cl2NO2/c1-14(2)9-19-6-5-17(14)8-13(18)11-7-10(15)3-4-12(11)16/h3-4,7H,5-6,8-9H2,1-2H3. The lowest BCUT2D eigenvalue weighted by molar-refractivity contribution is -0.0467. The maximum Gasteiger partial charge on any atom is 0.178 e. The van der Waals surface area contributed by atoms with E-state index < -0.39 is 0 Å². The van der Waals surface area contributed by atoms with Crippen molar-refractivity contribution in [2.24, 2.45) is 0 Å². The zero-order valence-electron chi connectivity index (χ0n) is 11.1. The van der Waals surface area contributed by atoms with E-state index in [9.17, 15) is 4.79 Å². The van der Waals surface area contributed by atoms with Crippen LogP contribution >= 0.6 is 23.2 Å². The van der Waals surface area contributed by atoms with Crippen molar-refractivity contribution < 1.29 is 9.53 Å². The van der Waals surface area contributed by atoms with Gasteiger partial charge in [0.2, 0.25) is 0 Å². The molecule has 1 aliphatic rings. The second-order valence-electron chi connectivity index (χ2n) is 5.33. The molecule has 0 bridgehead atoms. The SMILES string of the molecule is CC1(C)COCCN1CC(=O)c1cc(Cl)ccc1Cl. The van der Waals surface area contributed by atoms with Crippen molar-refractivity contribution >= 4 is 29.0 Å². The predicted molar refractivity (Wildman–Crippen MR) is 77.3 cm³/mol. The van der Waals surface area contributed by atoms with E-state index in [1.54, 1.807) is 18.2 Å². The van der Waals surface area contributed by atoms with E-state index in [0.717, 1.165) is 6.54 Å². The summed E-state index contributed by atoms with van der Waals surface area (Å²) in [5.74, 6) is -0.0116. The summed E-state index contributed by atoms with van der Waals surface area (Å²) in [5, 5.41) is 0.967. The molecule has 0 unspecified atom stereocenters. The molecule has 0 spiro atoms. The molecule has 5 heteroatoms. The van der Waals surface area contributed by atoms with Crippen LogP contribution in [0.1, 0.15) is 24.2 Å². The molecule has 1 aromatic rings. The van der Waals surface area contributed by atoms with Gasteiger partial charge in [0.15, 0.2) is 5.78 Å². The number of hydrogen-bond donors (Lipinski definition) is 0. The maximum absolute atomic E-state index is 12.3. The monoisotopic (exact) mass is 301 g/mol. The number of carbonyl (C=O) groups excluding carboxylic acids is 1. The zero-order valence-corrected chi connectivity index (χ0v) is 12.6. The van der Waals surface area contributed by atoms with Crippen LogP contribution in [0, 0.1) is 0 Å². The molecule has 0 radical (unpaired) electrons. The highest BCUT2D eigenvalue weighted by Crippen LogP contribution is 2.24. The summed E-state index contributed by atoms with van der Waals surface area (Å²) in [5.41, 5.74) is 0.343. The number of halogens is 2. The highest BCUT2D eigenvalue weighted by Gasteiger charge is 2.32. The first-order chi connectivity index (χ1) is 8.90. The van der Waals surface area contributed by atoms with Gasteiger partial charge in [-0.3, -0.25) is 9.69 Å². The number of benzene rings is 1. The fourth-order valence-electron chi connectivity index (χ4n) is 2.15. The van der Waals surface area contributed by atoms with E-state index in [-0.39, 0.29) is 11.3 Å². The van der Waals surface area contributed by atoms with Crippen LogP contribution in [0.25, 0.3) is 0 Å². The van der Waals surface area contributed by atoms with Gasteiger partial charge in [0.05, 0.1) is 24.8 Å². The van der Waals surface area contributed by atoms with Crippen LogP contribution in [0.15, 0.2) is 18.2 Å². The molecule has 104 valence electrons. The third kappa shape index (κ3) is 3.48. The molecule has 0 atom stereocenters. The zero-order chi connectivity index (χ0) is 14.0. The number of ether oxygens (including phenoxy) is 1. The van der Waals surface area contributed by atoms with E-state index in [4.69, 9.17) is 27.9 Å². The summed E-state index contributed by atoms with van der Waals surface area (Å²) >= 11 is 12.0. The molecule has 0 aromatic heterocycles. The van der Waals surface area contributed by atoms with Crippen molar-refractivity contribution in [2.45, 2.75) is 19.4 Å². The van der Waals surface area contributed by atoms with E-state index in [2.05, 4.69) is 18.7 Å². The number of ketones is 1. The molecule has 0 N–H and O–H groups in total. The molecule has 0 saturated carbocycles. The van der Waals surface area contributed by atoms with Crippen LogP contribution in [0.3, 0.4) is 0 Å². The molecule has 1 saturated heterocycles.